The number of anilines is 1. The smallest absolute Gasteiger partial charge is 0.414 e. The van der Waals surface area contributed by atoms with Crippen LogP contribution in [0.15, 0.2) is 24.3 Å². The van der Waals surface area contributed by atoms with Crippen molar-refractivity contribution in [2.45, 2.75) is 13.0 Å². The number of carbonyl (C=O) groups is 2. The molecule has 1 aromatic carbocycles. The van der Waals surface area contributed by atoms with Crippen LogP contribution in [0, 0.1) is 0 Å². The van der Waals surface area contributed by atoms with Crippen molar-refractivity contribution in [1.82, 2.24) is 0 Å². The van der Waals surface area contributed by atoms with E-state index in [-0.39, 0.29) is 17.8 Å². The molecule has 5 heteroatoms. The summed E-state index contributed by atoms with van der Waals surface area (Å²) in [6, 6.07) is 6.85. The number of halogens is 1. The van der Waals surface area contributed by atoms with Crippen LogP contribution in [0.25, 0.3) is 0 Å². The molecule has 4 nitrogen and oxygen atoms in total. The number of carbonyl (C=O) groups excluding carboxylic acids is 2. The summed E-state index contributed by atoms with van der Waals surface area (Å²) >= 11 is 5.64. The molecule has 1 heterocycles. The molecule has 1 fully saturated rings. The predicted octanol–water partition coefficient (Wildman–Crippen LogP) is 2.45. The number of ether oxygens (including phenoxy) is 1. The number of alkyl halides is 1. The first-order valence-corrected chi connectivity index (χ1v) is 5.80. The summed E-state index contributed by atoms with van der Waals surface area (Å²) in [5.41, 5.74) is 1.34. The number of ketones is 1. The summed E-state index contributed by atoms with van der Waals surface area (Å²) < 4.78 is 5.04. The van der Waals surface area contributed by atoms with Gasteiger partial charge in [0.05, 0.1) is 12.4 Å². The highest BCUT2D eigenvalue weighted by Gasteiger charge is 2.31. The first kappa shape index (κ1) is 11.9. The topological polar surface area (TPSA) is 46.6 Å². The average molecular weight is 254 g/mol. The van der Waals surface area contributed by atoms with Gasteiger partial charge >= 0.3 is 6.09 Å². The summed E-state index contributed by atoms with van der Waals surface area (Å²) in [6.45, 7) is 1.95. The molecule has 1 atom stereocenters. The van der Waals surface area contributed by atoms with Crippen LogP contribution in [0.1, 0.15) is 17.3 Å². The van der Waals surface area contributed by atoms with Crippen LogP contribution in [-0.4, -0.2) is 30.4 Å². The maximum Gasteiger partial charge on any atom is 0.414 e. The van der Waals surface area contributed by atoms with Crippen molar-refractivity contribution < 1.29 is 14.3 Å². The van der Waals surface area contributed by atoms with Crippen molar-refractivity contribution in [3.63, 3.8) is 0 Å². The molecule has 2 rings (SSSR count). The Labute approximate surface area is 104 Å². The molecule has 17 heavy (non-hydrogen) atoms. The summed E-state index contributed by atoms with van der Waals surface area (Å²) in [5, 5.41) is 0. The summed E-state index contributed by atoms with van der Waals surface area (Å²) in [4.78, 5) is 24.2. The summed E-state index contributed by atoms with van der Waals surface area (Å²) in [6.07, 6.45) is -0.664. The Bertz CT molecular complexity index is 444. The molecule has 0 aromatic heterocycles. The van der Waals surface area contributed by atoms with E-state index in [9.17, 15) is 9.59 Å². The Morgan fingerprint density at radius 3 is 2.59 bits per heavy atom. The largest absolute Gasteiger partial charge is 0.443 e. The van der Waals surface area contributed by atoms with E-state index in [1.807, 2.05) is 0 Å². The second-order valence-electron chi connectivity index (χ2n) is 3.87. The van der Waals surface area contributed by atoms with E-state index in [1.54, 1.807) is 24.3 Å². The van der Waals surface area contributed by atoms with E-state index in [0.29, 0.717) is 17.8 Å². The number of Topliss-reactive ketones (excluding diaryl/α,β-unsaturated/α-hetero) is 1. The molecule has 0 N–H and O–H groups in total. The molecule has 1 saturated heterocycles. The normalized spacial score (nSPS) is 19.3. The van der Waals surface area contributed by atoms with E-state index in [0.717, 1.165) is 0 Å². The third-order valence-electron chi connectivity index (χ3n) is 2.63. The zero-order valence-electron chi connectivity index (χ0n) is 9.35. The molecular formula is C12H12ClNO3. The van der Waals surface area contributed by atoms with E-state index in [1.165, 1.54) is 11.8 Å². The third-order valence-corrected chi connectivity index (χ3v) is 2.98. The van der Waals surface area contributed by atoms with Gasteiger partial charge in [0.25, 0.3) is 0 Å². The Hall–Kier alpha value is -1.55. The Morgan fingerprint density at radius 2 is 2.12 bits per heavy atom. The third kappa shape index (κ3) is 2.42. The number of rotatable bonds is 3. The van der Waals surface area contributed by atoms with Gasteiger partial charge in [-0.3, -0.25) is 9.69 Å². The molecule has 0 bridgehead atoms. The zero-order chi connectivity index (χ0) is 12.4. The van der Waals surface area contributed by atoms with Crippen molar-refractivity contribution in [3.8, 4) is 0 Å². The number of amides is 1. The van der Waals surface area contributed by atoms with Gasteiger partial charge in [0.15, 0.2) is 5.78 Å². The van der Waals surface area contributed by atoms with Crippen LogP contribution >= 0.6 is 11.6 Å². The second kappa shape index (κ2) is 4.75. The van der Waals surface area contributed by atoms with Gasteiger partial charge in [-0.15, -0.1) is 11.6 Å². The minimum absolute atomic E-state index is 0.000756. The highest BCUT2D eigenvalue weighted by atomic mass is 35.5. The molecule has 1 aliphatic heterocycles. The fourth-order valence-corrected chi connectivity index (χ4v) is 1.85. The standard InChI is InChI=1S/C12H12ClNO3/c1-8(15)9-2-4-10(5-3-9)14-7-11(6-13)17-12(14)16/h2-5,11H,6-7H2,1H3. The molecule has 0 radical (unpaired) electrons. The van der Waals surface area contributed by atoms with Gasteiger partial charge in [-0.05, 0) is 31.2 Å². The number of benzene rings is 1. The van der Waals surface area contributed by atoms with E-state index in [2.05, 4.69) is 0 Å². The molecule has 0 spiro atoms. The van der Waals surface area contributed by atoms with Crippen LogP contribution in [0.4, 0.5) is 10.5 Å². The van der Waals surface area contributed by atoms with Gasteiger partial charge in [-0.2, -0.15) is 0 Å². The molecule has 1 unspecified atom stereocenters. The lowest BCUT2D eigenvalue weighted by Crippen LogP contribution is -2.24. The number of hydrogen-bond donors (Lipinski definition) is 0. The molecule has 1 aliphatic rings. The van der Waals surface area contributed by atoms with Crippen LogP contribution in [0.2, 0.25) is 0 Å². The quantitative estimate of drug-likeness (QED) is 0.614. The van der Waals surface area contributed by atoms with Crippen LogP contribution in [0.3, 0.4) is 0 Å². The maximum atomic E-state index is 11.5. The van der Waals surface area contributed by atoms with Gasteiger partial charge in [0, 0.05) is 11.3 Å². The Morgan fingerprint density at radius 1 is 1.47 bits per heavy atom. The average Bonchev–Trinajstić information content (AvgIpc) is 2.71. The lowest BCUT2D eigenvalue weighted by Gasteiger charge is -2.12. The summed E-state index contributed by atoms with van der Waals surface area (Å²) in [5.74, 6) is 0.285. The number of nitrogens with zero attached hydrogens (tertiary/aromatic N) is 1. The fraction of sp³-hybridized carbons (Fsp3) is 0.333. The SMILES string of the molecule is CC(=O)c1ccc(N2CC(CCl)OC2=O)cc1. The molecular weight excluding hydrogens is 242 g/mol. The second-order valence-corrected chi connectivity index (χ2v) is 4.18. The maximum absolute atomic E-state index is 11.5. The highest BCUT2D eigenvalue weighted by Crippen LogP contribution is 2.22. The highest BCUT2D eigenvalue weighted by molar-refractivity contribution is 6.18. The van der Waals surface area contributed by atoms with Crippen molar-refractivity contribution in [3.05, 3.63) is 29.8 Å². The first-order chi connectivity index (χ1) is 8.11. The van der Waals surface area contributed by atoms with Gasteiger partial charge < -0.3 is 4.74 Å². The van der Waals surface area contributed by atoms with Crippen LogP contribution in [-0.2, 0) is 4.74 Å². The molecule has 1 aromatic rings. The van der Waals surface area contributed by atoms with Gasteiger partial charge in [0.2, 0.25) is 0 Å². The Balaban J connectivity index is 2.18. The van der Waals surface area contributed by atoms with E-state index >= 15 is 0 Å². The molecule has 1 amide bonds. The molecule has 0 saturated carbocycles. The number of hydrogen-bond acceptors (Lipinski definition) is 3. The van der Waals surface area contributed by atoms with E-state index in [4.69, 9.17) is 16.3 Å². The van der Waals surface area contributed by atoms with E-state index < -0.39 is 6.09 Å². The monoisotopic (exact) mass is 253 g/mol. The minimum atomic E-state index is -0.397. The lowest BCUT2D eigenvalue weighted by molar-refractivity contribution is 0.101. The molecule has 0 aliphatic carbocycles. The van der Waals surface area contributed by atoms with Crippen molar-refractivity contribution in [1.29, 1.82) is 0 Å². The lowest BCUT2D eigenvalue weighted by atomic mass is 10.1. The van der Waals surface area contributed by atoms with Crippen molar-refractivity contribution in [2.75, 3.05) is 17.3 Å². The predicted molar refractivity (Wildman–Crippen MR) is 64.8 cm³/mol. The first-order valence-electron chi connectivity index (χ1n) is 5.27. The fourth-order valence-electron chi connectivity index (χ4n) is 1.69. The van der Waals surface area contributed by atoms with Gasteiger partial charge in [-0.1, -0.05) is 0 Å². The Kier molecular flexibility index (Phi) is 3.33. The minimum Gasteiger partial charge on any atom is -0.443 e. The summed E-state index contributed by atoms with van der Waals surface area (Å²) in [7, 11) is 0. The van der Waals surface area contributed by atoms with Gasteiger partial charge in [-0.25, -0.2) is 4.79 Å². The van der Waals surface area contributed by atoms with Crippen molar-refractivity contribution in [2.24, 2.45) is 0 Å². The zero-order valence-corrected chi connectivity index (χ0v) is 10.1. The number of cyclic esters (lactones) is 1. The van der Waals surface area contributed by atoms with Crippen molar-refractivity contribution >= 4 is 29.2 Å². The molecule has 90 valence electrons. The van der Waals surface area contributed by atoms with Crippen LogP contribution < -0.4 is 4.90 Å². The van der Waals surface area contributed by atoms with Crippen LogP contribution in [0.5, 0.6) is 0 Å². The van der Waals surface area contributed by atoms with Gasteiger partial charge in [0.1, 0.15) is 6.10 Å².